The number of anilines is 1. The van der Waals surface area contributed by atoms with E-state index < -0.39 is 0 Å². The predicted octanol–water partition coefficient (Wildman–Crippen LogP) is 5.37. The summed E-state index contributed by atoms with van der Waals surface area (Å²) in [5, 5.41) is 4.56. The molecule has 1 N–H and O–H groups in total. The molecule has 4 rings (SSSR count). The summed E-state index contributed by atoms with van der Waals surface area (Å²) in [6.07, 6.45) is 0. The van der Waals surface area contributed by atoms with Crippen LogP contribution in [0.4, 0.5) is 5.82 Å². The van der Waals surface area contributed by atoms with E-state index >= 15 is 0 Å². The lowest BCUT2D eigenvalue weighted by molar-refractivity contribution is 0.0601. The summed E-state index contributed by atoms with van der Waals surface area (Å²) in [6.45, 7) is 4.89. The normalized spacial score (nSPS) is 10.9. The lowest BCUT2D eigenvalue weighted by Crippen LogP contribution is -2.04. The summed E-state index contributed by atoms with van der Waals surface area (Å²) in [4.78, 5) is 23.5. The minimum atomic E-state index is -0.359. The second-order valence-electron chi connectivity index (χ2n) is 6.77. The minimum Gasteiger partial charge on any atom is -0.465 e. The largest absolute Gasteiger partial charge is 0.465 e. The van der Waals surface area contributed by atoms with Crippen molar-refractivity contribution >= 4 is 33.3 Å². The SMILES string of the molecule is COC(=O)c1ccc(-c2nc(NCc3ccccc3)c3c(C)c(C)sc3n2)cc1. The molecule has 0 fully saturated rings. The molecule has 0 aliphatic heterocycles. The van der Waals surface area contributed by atoms with Crippen LogP contribution in [-0.2, 0) is 11.3 Å². The lowest BCUT2D eigenvalue weighted by Gasteiger charge is -2.10. The topological polar surface area (TPSA) is 64.1 Å². The van der Waals surface area contributed by atoms with Gasteiger partial charge in [-0.3, -0.25) is 0 Å². The highest BCUT2D eigenvalue weighted by molar-refractivity contribution is 7.18. The Bertz CT molecular complexity index is 1170. The van der Waals surface area contributed by atoms with Gasteiger partial charge in [-0.1, -0.05) is 42.5 Å². The molecule has 0 saturated heterocycles. The third-order valence-electron chi connectivity index (χ3n) is 4.90. The Hall–Kier alpha value is -3.25. The Balaban J connectivity index is 1.74. The number of ether oxygens (including phenoxy) is 1. The zero-order chi connectivity index (χ0) is 20.4. The molecular weight excluding hydrogens is 382 g/mol. The number of aromatic nitrogens is 2. The molecule has 2 aromatic heterocycles. The Morgan fingerprint density at radius 2 is 1.76 bits per heavy atom. The standard InChI is InChI=1S/C23H21N3O2S/c1-14-15(2)29-22-19(14)21(24-13-16-7-5-4-6-8-16)25-20(26-22)17-9-11-18(12-10-17)23(27)28-3/h4-12H,13H2,1-3H3,(H,24,25,26). The second kappa shape index (κ2) is 8.01. The summed E-state index contributed by atoms with van der Waals surface area (Å²) < 4.78 is 4.77. The first kappa shape index (κ1) is 19.1. The van der Waals surface area contributed by atoms with Crippen LogP contribution in [0, 0.1) is 13.8 Å². The van der Waals surface area contributed by atoms with Crippen LogP contribution in [0.2, 0.25) is 0 Å². The monoisotopic (exact) mass is 403 g/mol. The highest BCUT2D eigenvalue weighted by Gasteiger charge is 2.16. The molecule has 29 heavy (non-hydrogen) atoms. The van der Waals surface area contributed by atoms with E-state index in [1.165, 1.54) is 23.1 Å². The number of nitrogens with one attached hydrogen (secondary N) is 1. The third kappa shape index (κ3) is 3.84. The van der Waals surface area contributed by atoms with E-state index in [4.69, 9.17) is 14.7 Å². The van der Waals surface area contributed by atoms with Crippen LogP contribution in [0.1, 0.15) is 26.4 Å². The van der Waals surface area contributed by atoms with Gasteiger partial charge in [-0.15, -0.1) is 11.3 Å². The number of thiophene rings is 1. The molecule has 146 valence electrons. The number of nitrogens with zero attached hydrogens (tertiary/aromatic N) is 2. The third-order valence-corrected chi connectivity index (χ3v) is 6.00. The number of aryl methyl sites for hydroxylation is 2. The van der Waals surface area contributed by atoms with Gasteiger partial charge in [-0.05, 0) is 37.1 Å². The number of methoxy groups -OCH3 is 1. The molecule has 0 saturated carbocycles. The molecule has 0 atom stereocenters. The Labute approximate surface area is 173 Å². The van der Waals surface area contributed by atoms with Gasteiger partial charge in [-0.25, -0.2) is 14.8 Å². The van der Waals surface area contributed by atoms with Gasteiger partial charge in [0.15, 0.2) is 5.82 Å². The van der Waals surface area contributed by atoms with Crippen molar-refractivity contribution in [3.05, 3.63) is 76.2 Å². The Kier molecular flexibility index (Phi) is 5.27. The van der Waals surface area contributed by atoms with E-state index in [1.807, 2.05) is 30.3 Å². The maximum Gasteiger partial charge on any atom is 0.337 e. The van der Waals surface area contributed by atoms with E-state index in [1.54, 1.807) is 23.5 Å². The molecule has 0 aliphatic carbocycles. The van der Waals surface area contributed by atoms with Crippen molar-refractivity contribution in [1.29, 1.82) is 0 Å². The van der Waals surface area contributed by atoms with Crippen LogP contribution in [0.15, 0.2) is 54.6 Å². The molecule has 5 nitrogen and oxygen atoms in total. The van der Waals surface area contributed by atoms with E-state index in [2.05, 4.69) is 31.3 Å². The lowest BCUT2D eigenvalue weighted by atomic mass is 10.1. The van der Waals surface area contributed by atoms with Crippen molar-refractivity contribution in [1.82, 2.24) is 9.97 Å². The van der Waals surface area contributed by atoms with Crippen LogP contribution in [-0.4, -0.2) is 23.0 Å². The van der Waals surface area contributed by atoms with Crippen molar-refractivity contribution in [3.8, 4) is 11.4 Å². The molecule has 2 heterocycles. The van der Waals surface area contributed by atoms with E-state index in [0.717, 1.165) is 21.6 Å². The molecule has 0 amide bonds. The van der Waals surface area contributed by atoms with Crippen molar-refractivity contribution in [3.63, 3.8) is 0 Å². The van der Waals surface area contributed by atoms with Gasteiger partial charge in [-0.2, -0.15) is 0 Å². The first-order valence-electron chi connectivity index (χ1n) is 9.31. The quantitative estimate of drug-likeness (QED) is 0.454. The number of carbonyl (C=O) groups excluding carboxylic acids is 1. The Morgan fingerprint density at radius 1 is 1.03 bits per heavy atom. The van der Waals surface area contributed by atoms with Crippen molar-refractivity contribution in [2.45, 2.75) is 20.4 Å². The van der Waals surface area contributed by atoms with E-state index in [9.17, 15) is 4.79 Å². The molecule has 2 aromatic carbocycles. The van der Waals surface area contributed by atoms with Crippen LogP contribution >= 0.6 is 11.3 Å². The van der Waals surface area contributed by atoms with Crippen molar-refractivity contribution < 1.29 is 9.53 Å². The van der Waals surface area contributed by atoms with Gasteiger partial charge in [0, 0.05) is 17.0 Å². The first-order chi connectivity index (χ1) is 14.1. The molecule has 4 aromatic rings. The van der Waals surface area contributed by atoms with E-state index in [-0.39, 0.29) is 5.97 Å². The summed E-state index contributed by atoms with van der Waals surface area (Å²) in [7, 11) is 1.37. The number of rotatable bonds is 5. The maximum atomic E-state index is 11.7. The fourth-order valence-electron chi connectivity index (χ4n) is 3.16. The van der Waals surface area contributed by atoms with Gasteiger partial charge >= 0.3 is 5.97 Å². The fourth-order valence-corrected chi connectivity index (χ4v) is 4.19. The van der Waals surface area contributed by atoms with Gasteiger partial charge in [0.05, 0.1) is 18.1 Å². The molecule has 0 bridgehead atoms. The second-order valence-corrected chi connectivity index (χ2v) is 7.97. The number of hydrogen-bond acceptors (Lipinski definition) is 6. The number of fused-ring (bicyclic) bond motifs is 1. The van der Waals surface area contributed by atoms with Crippen LogP contribution in [0.3, 0.4) is 0 Å². The minimum absolute atomic E-state index is 0.359. The average molecular weight is 404 g/mol. The number of esters is 1. The van der Waals surface area contributed by atoms with Crippen LogP contribution < -0.4 is 5.32 Å². The smallest absolute Gasteiger partial charge is 0.337 e. The number of benzene rings is 2. The van der Waals surface area contributed by atoms with Gasteiger partial charge in [0.1, 0.15) is 10.6 Å². The van der Waals surface area contributed by atoms with Crippen molar-refractivity contribution in [2.24, 2.45) is 0 Å². The molecule has 0 radical (unpaired) electrons. The highest BCUT2D eigenvalue weighted by atomic mass is 32.1. The van der Waals surface area contributed by atoms with Gasteiger partial charge < -0.3 is 10.1 Å². The molecule has 0 aliphatic rings. The summed E-state index contributed by atoms with van der Waals surface area (Å²) in [5.74, 6) is 1.10. The molecule has 0 unspecified atom stereocenters. The predicted molar refractivity (Wildman–Crippen MR) is 117 cm³/mol. The molecule has 6 heteroatoms. The van der Waals surface area contributed by atoms with Crippen LogP contribution in [0.5, 0.6) is 0 Å². The zero-order valence-electron chi connectivity index (χ0n) is 16.5. The summed E-state index contributed by atoms with van der Waals surface area (Å²) in [6, 6.07) is 17.4. The first-order valence-corrected chi connectivity index (χ1v) is 10.1. The summed E-state index contributed by atoms with van der Waals surface area (Å²) >= 11 is 1.67. The number of carbonyl (C=O) groups is 1. The number of hydrogen-bond donors (Lipinski definition) is 1. The highest BCUT2D eigenvalue weighted by Crippen LogP contribution is 2.35. The molecule has 0 spiro atoms. The maximum absolute atomic E-state index is 11.7. The van der Waals surface area contributed by atoms with Gasteiger partial charge in [0.25, 0.3) is 0 Å². The van der Waals surface area contributed by atoms with Crippen molar-refractivity contribution in [2.75, 3.05) is 12.4 Å². The Morgan fingerprint density at radius 3 is 2.45 bits per heavy atom. The van der Waals surface area contributed by atoms with Crippen LogP contribution in [0.25, 0.3) is 21.6 Å². The average Bonchev–Trinajstić information content (AvgIpc) is 3.06. The molecular formula is C23H21N3O2S. The van der Waals surface area contributed by atoms with E-state index in [0.29, 0.717) is 17.9 Å². The van der Waals surface area contributed by atoms with Gasteiger partial charge in [0.2, 0.25) is 0 Å². The fraction of sp³-hybridized carbons (Fsp3) is 0.174. The summed E-state index contributed by atoms with van der Waals surface area (Å²) in [5.41, 5.74) is 3.74. The zero-order valence-corrected chi connectivity index (χ0v) is 17.3.